The van der Waals surface area contributed by atoms with E-state index in [0.717, 1.165) is 11.1 Å². The Labute approximate surface area is 166 Å². The molecule has 0 bridgehead atoms. The lowest BCUT2D eigenvalue weighted by molar-refractivity contribution is -0.154. The Morgan fingerprint density at radius 3 is 2.61 bits per heavy atom. The van der Waals surface area contributed by atoms with E-state index in [4.69, 9.17) is 0 Å². The standard InChI is InChI=1S/C19H23F3N4OS/c1-13-4-5-15(16(8-13)28-3)11-26-18(23-2)25-10-14-6-7-24-17(9-14)27-12-19(20,21)22/h4-9H,10-12H2,1-3H3,(H2,23,25,26). The summed E-state index contributed by atoms with van der Waals surface area (Å²) < 4.78 is 41.4. The van der Waals surface area contributed by atoms with E-state index in [9.17, 15) is 13.2 Å². The summed E-state index contributed by atoms with van der Waals surface area (Å²) in [7, 11) is 1.66. The molecule has 1 aromatic heterocycles. The van der Waals surface area contributed by atoms with Gasteiger partial charge in [0.25, 0.3) is 0 Å². The number of pyridine rings is 1. The number of guanidine groups is 1. The van der Waals surface area contributed by atoms with E-state index in [1.165, 1.54) is 22.7 Å². The third kappa shape index (κ3) is 7.30. The molecule has 1 aromatic carbocycles. The average molecular weight is 412 g/mol. The van der Waals surface area contributed by atoms with Crippen molar-refractivity contribution in [1.82, 2.24) is 15.6 Å². The third-order valence-corrected chi connectivity index (χ3v) is 4.58. The van der Waals surface area contributed by atoms with Crippen LogP contribution in [-0.4, -0.2) is 37.0 Å². The monoisotopic (exact) mass is 412 g/mol. The van der Waals surface area contributed by atoms with E-state index in [2.05, 4.69) is 50.5 Å². The summed E-state index contributed by atoms with van der Waals surface area (Å²) >= 11 is 1.69. The zero-order valence-corrected chi connectivity index (χ0v) is 16.7. The van der Waals surface area contributed by atoms with Gasteiger partial charge in [0.1, 0.15) is 0 Å². The Kier molecular flexibility index (Phi) is 7.98. The lowest BCUT2D eigenvalue weighted by Crippen LogP contribution is -2.36. The van der Waals surface area contributed by atoms with Crippen LogP contribution in [-0.2, 0) is 13.1 Å². The van der Waals surface area contributed by atoms with Gasteiger partial charge in [0.2, 0.25) is 5.88 Å². The molecule has 0 amide bonds. The van der Waals surface area contributed by atoms with Crippen LogP contribution in [0.1, 0.15) is 16.7 Å². The molecule has 1 heterocycles. The topological polar surface area (TPSA) is 58.5 Å². The highest BCUT2D eigenvalue weighted by molar-refractivity contribution is 7.98. The Hall–Kier alpha value is -2.42. The van der Waals surface area contributed by atoms with Crippen molar-refractivity contribution in [2.45, 2.75) is 31.1 Å². The minimum Gasteiger partial charge on any atom is -0.468 e. The molecule has 2 rings (SSSR count). The second-order valence-electron chi connectivity index (χ2n) is 6.00. The molecule has 2 aromatic rings. The summed E-state index contributed by atoms with van der Waals surface area (Å²) in [6.45, 7) is 1.66. The van der Waals surface area contributed by atoms with Gasteiger partial charge in [-0.1, -0.05) is 12.1 Å². The smallest absolute Gasteiger partial charge is 0.422 e. The second-order valence-corrected chi connectivity index (χ2v) is 6.85. The van der Waals surface area contributed by atoms with Crippen LogP contribution in [0.25, 0.3) is 0 Å². The molecule has 5 nitrogen and oxygen atoms in total. The summed E-state index contributed by atoms with van der Waals surface area (Å²) in [5, 5.41) is 6.37. The molecular formula is C19H23F3N4OS. The molecule has 0 saturated heterocycles. The minimum absolute atomic E-state index is 0.0659. The Balaban J connectivity index is 1.90. The highest BCUT2D eigenvalue weighted by Crippen LogP contribution is 2.21. The molecule has 0 atom stereocenters. The normalized spacial score (nSPS) is 12.0. The predicted octanol–water partition coefficient (Wildman–Crippen LogP) is 3.92. The van der Waals surface area contributed by atoms with Crippen LogP contribution in [0.15, 0.2) is 46.4 Å². The van der Waals surface area contributed by atoms with Crippen molar-refractivity contribution in [3.05, 3.63) is 53.2 Å². The molecule has 9 heteroatoms. The molecule has 0 unspecified atom stereocenters. The predicted molar refractivity (Wildman–Crippen MR) is 106 cm³/mol. The van der Waals surface area contributed by atoms with Crippen LogP contribution >= 0.6 is 11.8 Å². The highest BCUT2D eigenvalue weighted by atomic mass is 32.2. The van der Waals surface area contributed by atoms with Gasteiger partial charge in [-0.3, -0.25) is 4.99 Å². The van der Waals surface area contributed by atoms with Crippen LogP contribution in [0, 0.1) is 6.92 Å². The molecule has 0 radical (unpaired) electrons. The van der Waals surface area contributed by atoms with Gasteiger partial charge in [-0.25, -0.2) is 4.98 Å². The number of alkyl halides is 3. The summed E-state index contributed by atoms with van der Waals surface area (Å²) in [5.41, 5.74) is 3.10. The Morgan fingerprint density at radius 2 is 1.93 bits per heavy atom. The van der Waals surface area contributed by atoms with Crippen molar-refractivity contribution in [3.8, 4) is 5.88 Å². The number of aryl methyl sites for hydroxylation is 1. The van der Waals surface area contributed by atoms with Crippen LogP contribution in [0.3, 0.4) is 0 Å². The molecule has 28 heavy (non-hydrogen) atoms. The molecule has 0 aliphatic rings. The molecule has 0 spiro atoms. The van der Waals surface area contributed by atoms with Crippen LogP contribution in [0.4, 0.5) is 13.2 Å². The molecular weight excluding hydrogens is 389 g/mol. The fourth-order valence-corrected chi connectivity index (χ4v) is 3.08. The fourth-order valence-electron chi connectivity index (χ4n) is 2.38. The van der Waals surface area contributed by atoms with E-state index in [1.807, 2.05) is 6.26 Å². The average Bonchev–Trinajstić information content (AvgIpc) is 2.67. The maximum Gasteiger partial charge on any atom is 0.422 e. The fraction of sp³-hybridized carbons (Fsp3) is 0.368. The number of halogens is 3. The number of nitrogens with one attached hydrogen (secondary N) is 2. The van der Waals surface area contributed by atoms with Crippen LogP contribution in [0.5, 0.6) is 5.88 Å². The molecule has 0 aliphatic carbocycles. The maximum atomic E-state index is 12.3. The van der Waals surface area contributed by atoms with Gasteiger partial charge in [-0.2, -0.15) is 13.2 Å². The number of hydrogen-bond donors (Lipinski definition) is 2. The molecule has 0 fully saturated rings. The number of hydrogen-bond acceptors (Lipinski definition) is 4. The molecule has 0 aliphatic heterocycles. The molecule has 152 valence electrons. The summed E-state index contributed by atoms with van der Waals surface area (Å²) in [6, 6.07) is 9.45. The van der Waals surface area contributed by atoms with Gasteiger partial charge < -0.3 is 15.4 Å². The maximum absolute atomic E-state index is 12.3. The van der Waals surface area contributed by atoms with E-state index in [-0.39, 0.29) is 5.88 Å². The summed E-state index contributed by atoms with van der Waals surface area (Å²) in [6.07, 6.45) is -0.948. The van der Waals surface area contributed by atoms with Gasteiger partial charge in [-0.15, -0.1) is 11.8 Å². The van der Waals surface area contributed by atoms with E-state index >= 15 is 0 Å². The van der Waals surface area contributed by atoms with Gasteiger partial charge in [0.05, 0.1) is 0 Å². The Morgan fingerprint density at radius 1 is 1.18 bits per heavy atom. The van der Waals surface area contributed by atoms with Gasteiger partial charge in [0, 0.05) is 37.3 Å². The first kappa shape index (κ1) is 21.9. The SMILES string of the molecule is CN=C(NCc1ccnc(OCC(F)(F)F)c1)NCc1ccc(C)cc1SC. The number of nitrogens with zero attached hydrogens (tertiary/aromatic N) is 2. The number of rotatable bonds is 7. The molecule has 0 saturated carbocycles. The number of thioether (sulfide) groups is 1. The van der Waals surface area contributed by atoms with Crippen LogP contribution in [0.2, 0.25) is 0 Å². The van der Waals surface area contributed by atoms with E-state index < -0.39 is 12.8 Å². The quantitative estimate of drug-likeness (QED) is 0.410. The Bertz CT molecular complexity index is 812. The van der Waals surface area contributed by atoms with Crippen molar-refractivity contribution < 1.29 is 17.9 Å². The second kappa shape index (κ2) is 10.2. The van der Waals surface area contributed by atoms with Crippen molar-refractivity contribution in [1.29, 1.82) is 0 Å². The van der Waals surface area contributed by atoms with E-state index in [0.29, 0.717) is 19.0 Å². The van der Waals surface area contributed by atoms with Crippen molar-refractivity contribution in [2.75, 3.05) is 19.9 Å². The zero-order chi connectivity index (χ0) is 20.6. The van der Waals surface area contributed by atoms with Gasteiger partial charge in [0.15, 0.2) is 12.6 Å². The largest absolute Gasteiger partial charge is 0.468 e. The number of ether oxygens (including phenoxy) is 1. The van der Waals surface area contributed by atoms with Crippen molar-refractivity contribution in [2.24, 2.45) is 4.99 Å². The first-order valence-corrected chi connectivity index (χ1v) is 9.75. The minimum atomic E-state index is -4.40. The lowest BCUT2D eigenvalue weighted by atomic mass is 10.1. The number of aromatic nitrogens is 1. The van der Waals surface area contributed by atoms with Gasteiger partial charge in [-0.05, 0) is 42.0 Å². The number of aliphatic imine (C=N–C) groups is 1. The molecule has 2 N–H and O–H groups in total. The van der Waals surface area contributed by atoms with E-state index in [1.54, 1.807) is 24.9 Å². The third-order valence-electron chi connectivity index (χ3n) is 3.76. The van der Waals surface area contributed by atoms with Crippen LogP contribution < -0.4 is 15.4 Å². The number of benzene rings is 1. The first-order valence-electron chi connectivity index (χ1n) is 8.53. The van der Waals surface area contributed by atoms with Gasteiger partial charge >= 0.3 is 6.18 Å². The van der Waals surface area contributed by atoms with Crippen molar-refractivity contribution >= 4 is 17.7 Å². The highest BCUT2D eigenvalue weighted by Gasteiger charge is 2.28. The zero-order valence-electron chi connectivity index (χ0n) is 15.9. The lowest BCUT2D eigenvalue weighted by Gasteiger charge is -2.14. The first-order chi connectivity index (χ1) is 13.3. The summed E-state index contributed by atoms with van der Waals surface area (Å²) in [4.78, 5) is 9.17. The summed E-state index contributed by atoms with van der Waals surface area (Å²) in [5.74, 6) is 0.519. The van der Waals surface area contributed by atoms with Crippen molar-refractivity contribution in [3.63, 3.8) is 0 Å².